The number of carbonyl (C=O) groups excluding carboxylic acids is 1. The number of aliphatic carboxylic acids is 1. The van der Waals surface area contributed by atoms with Crippen LogP contribution >= 0.6 is 11.3 Å². The summed E-state index contributed by atoms with van der Waals surface area (Å²) in [5.41, 5.74) is -0.627. The lowest BCUT2D eigenvalue weighted by Gasteiger charge is -2.17. The molecule has 0 spiro atoms. The van der Waals surface area contributed by atoms with Crippen LogP contribution in [0.3, 0.4) is 0 Å². The molecule has 1 amide bonds. The summed E-state index contributed by atoms with van der Waals surface area (Å²) in [7, 11) is 0. The van der Waals surface area contributed by atoms with Crippen LogP contribution in [0.15, 0.2) is 41.8 Å². The number of thiophene rings is 1. The lowest BCUT2D eigenvalue weighted by Crippen LogP contribution is -2.38. The molecule has 1 saturated heterocycles. The van der Waals surface area contributed by atoms with Gasteiger partial charge in [-0.1, -0.05) is 30.3 Å². The number of halogens is 1. The molecule has 3 rings (SSSR count). The van der Waals surface area contributed by atoms with Gasteiger partial charge in [-0.15, -0.1) is 11.3 Å². The van der Waals surface area contributed by atoms with Crippen molar-refractivity contribution >= 4 is 23.2 Å². The molecule has 6 heteroatoms. The van der Waals surface area contributed by atoms with Gasteiger partial charge in [-0.2, -0.15) is 0 Å². The number of hydrogen-bond acceptors (Lipinski definition) is 3. The molecule has 0 bridgehead atoms. The summed E-state index contributed by atoms with van der Waals surface area (Å²) in [6.45, 7) is -0.277. The summed E-state index contributed by atoms with van der Waals surface area (Å²) in [6, 6.07) is 11.3. The summed E-state index contributed by atoms with van der Waals surface area (Å²) in [5, 5.41) is 10.7. The molecule has 2 aromatic rings. The van der Waals surface area contributed by atoms with E-state index in [4.69, 9.17) is 5.11 Å². The zero-order valence-electron chi connectivity index (χ0n) is 11.7. The Balaban J connectivity index is 1.86. The topological polar surface area (TPSA) is 57.6 Å². The van der Waals surface area contributed by atoms with Crippen LogP contribution in [0.25, 0.3) is 11.1 Å². The Morgan fingerprint density at radius 1 is 1.23 bits per heavy atom. The Kier molecular flexibility index (Phi) is 3.70. The minimum atomic E-state index is -2.33. The molecule has 1 aromatic heterocycles. The number of carboxylic acid groups (broad SMARTS) is 1. The molecule has 0 radical (unpaired) electrons. The Morgan fingerprint density at radius 3 is 2.59 bits per heavy atom. The highest BCUT2D eigenvalue weighted by molar-refractivity contribution is 7.12. The molecule has 1 aliphatic rings. The van der Waals surface area contributed by atoms with Gasteiger partial charge in [0.2, 0.25) is 5.67 Å². The van der Waals surface area contributed by atoms with E-state index in [9.17, 15) is 14.0 Å². The SMILES string of the molecule is O=C(c1sccc1-c1ccccc1)N1CCC(F)(C(=O)O)C1. The molecule has 1 N–H and O–H groups in total. The summed E-state index contributed by atoms with van der Waals surface area (Å²) >= 11 is 1.29. The molecule has 1 aromatic carbocycles. The Hall–Kier alpha value is -2.21. The average molecular weight is 319 g/mol. The van der Waals surface area contributed by atoms with Crippen LogP contribution in [0.2, 0.25) is 0 Å². The van der Waals surface area contributed by atoms with Gasteiger partial charge in [0.15, 0.2) is 0 Å². The molecule has 1 fully saturated rings. The maximum atomic E-state index is 14.1. The number of benzene rings is 1. The van der Waals surface area contributed by atoms with Gasteiger partial charge in [0, 0.05) is 18.5 Å². The zero-order chi connectivity index (χ0) is 15.7. The van der Waals surface area contributed by atoms with Crippen molar-refractivity contribution < 1.29 is 19.1 Å². The second kappa shape index (κ2) is 5.53. The molecule has 114 valence electrons. The van der Waals surface area contributed by atoms with E-state index >= 15 is 0 Å². The Morgan fingerprint density at radius 2 is 1.95 bits per heavy atom. The van der Waals surface area contributed by atoms with E-state index in [1.807, 2.05) is 41.8 Å². The molecular weight excluding hydrogens is 305 g/mol. The third-order valence-electron chi connectivity index (χ3n) is 3.83. The van der Waals surface area contributed by atoms with Gasteiger partial charge in [-0.25, -0.2) is 9.18 Å². The van der Waals surface area contributed by atoms with Crippen molar-refractivity contribution in [3.63, 3.8) is 0 Å². The fourth-order valence-corrected chi connectivity index (χ4v) is 3.47. The number of amides is 1. The molecule has 2 heterocycles. The van der Waals surface area contributed by atoms with Crippen LogP contribution in [0.1, 0.15) is 16.1 Å². The van der Waals surface area contributed by atoms with E-state index in [0.29, 0.717) is 4.88 Å². The number of carboxylic acids is 1. The van der Waals surface area contributed by atoms with E-state index in [2.05, 4.69) is 0 Å². The zero-order valence-corrected chi connectivity index (χ0v) is 12.5. The normalized spacial score (nSPS) is 21.0. The fourth-order valence-electron chi connectivity index (χ4n) is 2.58. The van der Waals surface area contributed by atoms with Crippen LogP contribution in [0.4, 0.5) is 4.39 Å². The molecule has 4 nitrogen and oxygen atoms in total. The molecule has 1 atom stereocenters. The number of hydrogen-bond donors (Lipinski definition) is 1. The van der Waals surface area contributed by atoms with Gasteiger partial charge >= 0.3 is 5.97 Å². The quantitative estimate of drug-likeness (QED) is 0.946. The highest BCUT2D eigenvalue weighted by atomic mass is 32.1. The van der Waals surface area contributed by atoms with Crippen LogP contribution < -0.4 is 0 Å². The maximum absolute atomic E-state index is 14.1. The molecule has 0 saturated carbocycles. The highest BCUT2D eigenvalue weighted by Crippen LogP contribution is 2.32. The average Bonchev–Trinajstić information content (AvgIpc) is 3.15. The Labute approximate surface area is 130 Å². The second-order valence-electron chi connectivity index (χ2n) is 5.28. The standard InChI is InChI=1S/C16H14FNO3S/c17-16(15(20)21)7-8-18(10-16)14(19)13-12(6-9-22-13)11-4-2-1-3-5-11/h1-6,9H,7-8,10H2,(H,20,21). The summed E-state index contributed by atoms with van der Waals surface area (Å²) in [6.07, 6.45) is -0.167. The van der Waals surface area contributed by atoms with Crippen LogP contribution in [0.5, 0.6) is 0 Å². The first-order chi connectivity index (χ1) is 10.5. The summed E-state index contributed by atoms with van der Waals surface area (Å²) in [5.74, 6) is -1.81. The first kappa shape index (κ1) is 14.7. The van der Waals surface area contributed by atoms with E-state index in [-0.39, 0.29) is 18.9 Å². The van der Waals surface area contributed by atoms with Crippen molar-refractivity contribution in [2.24, 2.45) is 0 Å². The van der Waals surface area contributed by atoms with Gasteiger partial charge in [-0.05, 0) is 17.0 Å². The number of nitrogens with zero attached hydrogens (tertiary/aromatic N) is 1. The number of likely N-dealkylation sites (tertiary alicyclic amines) is 1. The maximum Gasteiger partial charge on any atom is 0.343 e. The van der Waals surface area contributed by atoms with Crippen molar-refractivity contribution in [3.8, 4) is 11.1 Å². The lowest BCUT2D eigenvalue weighted by molar-refractivity contribution is -0.149. The Bertz CT molecular complexity index is 715. The van der Waals surface area contributed by atoms with Gasteiger partial charge in [0.1, 0.15) is 0 Å². The molecule has 1 aliphatic heterocycles. The number of carbonyl (C=O) groups is 2. The van der Waals surface area contributed by atoms with Crippen molar-refractivity contribution in [3.05, 3.63) is 46.7 Å². The minimum Gasteiger partial charge on any atom is -0.479 e. The van der Waals surface area contributed by atoms with E-state index in [0.717, 1.165) is 11.1 Å². The first-order valence-electron chi connectivity index (χ1n) is 6.86. The van der Waals surface area contributed by atoms with E-state index in [1.165, 1.54) is 16.2 Å². The van der Waals surface area contributed by atoms with Crippen molar-refractivity contribution in [2.45, 2.75) is 12.1 Å². The first-order valence-corrected chi connectivity index (χ1v) is 7.74. The predicted molar refractivity (Wildman–Crippen MR) is 81.8 cm³/mol. The van der Waals surface area contributed by atoms with Crippen LogP contribution in [-0.4, -0.2) is 40.6 Å². The van der Waals surface area contributed by atoms with E-state index in [1.54, 1.807) is 0 Å². The minimum absolute atomic E-state index is 0.119. The van der Waals surface area contributed by atoms with Gasteiger partial charge in [0.25, 0.3) is 5.91 Å². The molecule has 0 aliphatic carbocycles. The molecular formula is C16H14FNO3S. The van der Waals surface area contributed by atoms with Gasteiger partial charge in [0.05, 0.1) is 11.4 Å². The number of rotatable bonds is 3. The van der Waals surface area contributed by atoms with Gasteiger partial charge < -0.3 is 10.0 Å². The van der Waals surface area contributed by atoms with Gasteiger partial charge in [-0.3, -0.25) is 4.79 Å². The van der Waals surface area contributed by atoms with Crippen molar-refractivity contribution in [1.82, 2.24) is 4.90 Å². The molecule has 22 heavy (non-hydrogen) atoms. The third kappa shape index (κ3) is 2.50. The second-order valence-corrected chi connectivity index (χ2v) is 6.19. The van der Waals surface area contributed by atoms with Crippen molar-refractivity contribution in [2.75, 3.05) is 13.1 Å². The van der Waals surface area contributed by atoms with Crippen LogP contribution in [-0.2, 0) is 4.79 Å². The predicted octanol–water partition coefficient (Wildman–Crippen LogP) is 3.05. The van der Waals surface area contributed by atoms with E-state index < -0.39 is 18.2 Å². The monoisotopic (exact) mass is 319 g/mol. The number of alkyl halides is 1. The summed E-state index contributed by atoms with van der Waals surface area (Å²) < 4.78 is 14.1. The largest absolute Gasteiger partial charge is 0.479 e. The fraction of sp³-hybridized carbons (Fsp3) is 0.250. The summed E-state index contributed by atoms with van der Waals surface area (Å²) in [4.78, 5) is 25.3. The lowest BCUT2D eigenvalue weighted by atomic mass is 10.1. The van der Waals surface area contributed by atoms with Crippen molar-refractivity contribution in [1.29, 1.82) is 0 Å². The third-order valence-corrected chi connectivity index (χ3v) is 4.74. The van der Waals surface area contributed by atoms with Crippen LogP contribution in [0, 0.1) is 0 Å². The highest BCUT2D eigenvalue weighted by Gasteiger charge is 2.47. The molecule has 1 unspecified atom stereocenters. The smallest absolute Gasteiger partial charge is 0.343 e.